The first-order chi connectivity index (χ1) is 12.8. The number of benzene rings is 2. The fourth-order valence-electron chi connectivity index (χ4n) is 3.58. The van der Waals surface area contributed by atoms with E-state index in [-0.39, 0.29) is 18.0 Å². The van der Waals surface area contributed by atoms with Crippen LogP contribution in [0.2, 0.25) is 0 Å². The summed E-state index contributed by atoms with van der Waals surface area (Å²) in [5, 5.41) is -0.487. The second kappa shape index (κ2) is 7.62. The van der Waals surface area contributed by atoms with Gasteiger partial charge >= 0.3 is 0 Å². The minimum atomic E-state index is -3.60. The van der Waals surface area contributed by atoms with Gasteiger partial charge in [0.15, 0.2) is 0 Å². The number of sulfonamides is 1. The van der Waals surface area contributed by atoms with Crippen molar-refractivity contribution in [3.63, 3.8) is 0 Å². The number of hydrogen-bond donors (Lipinski definition) is 0. The molecule has 1 aliphatic heterocycles. The van der Waals surface area contributed by atoms with Crippen LogP contribution in [0.1, 0.15) is 24.0 Å². The van der Waals surface area contributed by atoms with E-state index in [0.29, 0.717) is 24.2 Å². The normalized spacial score (nSPS) is 17.4. The Balaban J connectivity index is 1.89. The summed E-state index contributed by atoms with van der Waals surface area (Å²) in [5.41, 5.74) is 0.753. The minimum absolute atomic E-state index is 0.215. The van der Waals surface area contributed by atoms with Gasteiger partial charge in [0.2, 0.25) is 15.3 Å². The molecule has 0 spiro atoms. The molecular formula is C20H22ClNO4S. The van der Waals surface area contributed by atoms with Gasteiger partial charge in [-0.3, -0.25) is 4.79 Å². The van der Waals surface area contributed by atoms with Gasteiger partial charge in [-0.05, 0) is 49.6 Å². The lowest BCUT2D eigenvalue weighted by atomic mass is 9.74. The predicted molar refractivity (Wildman–Crippen MR) is 105 cm³/mol. The molecule has 0 aromatic heterocycles. The Labute approximate surface area is 165 Å². The lowest BCUT2D eigenvalue weighted by Crippen LogP contribution is -2.48. The van der Waals surface area contributed by atoms with Crippen molar-refractivity contribution in [1.29, 1.82) is 0 Å². The Morgan fingerprint density at radius 1 is 1.07 bits per heavy atom. The summed E-state index contributed by atoms with van der Waals surface area (Å²) >= 11 is 6.01. The summed E-state index contributed by atoms with van der Waals surface area (Å²) in [5.74, 6) is 0.585. The van der Waals surface area contributed by atoms with Crippen molar-refractivity contribution < 1.29 is 17.9 Å². The van der Waals surface area contributed by atoms with Gasteiger partial charge in [0.1, 0.15) is 5.75 Å². The summed E-state index contributed by atoms with van der Waals surface area (Å²) in [7, 11) is -2.06. The fraction of sp³-hybridized carbons (Fsp3) is 0.350. The second-order valence-corrected chi connectivity index (χ2v) is 9.05. The molecule has 2 aromatic rings. The number of para-hydroxylation sites is 1. The molecule has 1 aliphatic rings. The Morgan fingerprint density at radius 3 is 2.22 bits per heavy atom. The van der Waals surface area contributed by atoms with E-state index in [2.05, 4.69) is 0 Å². The molecule has 0 N–H and O–H groups in total. The monoisotopic (exact) mass is 407 g/mol. The maximum absolute atomic E-state index is 12.9. The van der Waals surface area contributed by atoms with E-state index in [0.717, 1.165) is 5.56 Å². The van der Waals surface area contributed by atoms with Gasteiger partial charge in [-0.1, -0.05) is 35.9 Å². The number of carbonyl (C=O) groups is 1. The summed E-state index contributed by atoms with van der Waals surface area (Å²) in [6.07, 6.45) is 0.613. The van der Waals surface area contributed by atoms with Crippen LogP contribution in [0.3, 0.4) is 0 Å². The number of carbonyl (C=O) groups excluding carboxylic acids is 1. The molecule has 0 aliphatic carbocycles. The molecule has 27 heavy (non-hydrogen) atoms. The first-order valence-electron chi connectivity index (χ1n) is 8.71. The number of hydrogen-bond acceptors (Lipinski definition) is 4. The smallest absolute Gasteiger partial charge is 0.243 e. The maximum Gasteiger partial charge on any atom is 0.243 e. The lowest BCUT2D eigenvalue weighted by molar-refractivity contribution is -0.118. The molecule has 0 unspecified atom stereocenters. The Morgan fingerprint density at radius 2 is 1.67 bits per heavy atom. The molecule has 144 valence electrons. The van der Waals surface area contributed by atoms with Crippen molar-refractivity contribution in [1.82, 2.24) is 4.31 Å². The molecule has 1 heterocycles. The first kappa shape index (κ1) is 19.9. The Hall–Kier alpha value is -1.89. The molecule has 0 radical (unpaired) electrons. The number of halogens is 1. The highest BCUT2D eigenvalue weighted by molar-refractivity contribution is 7.89. The molecule has 1 fully saturated rings. The van der Waals surface area contributed by atoms with Gasteiger partial charge < -0.3 is 4.74 Å². The SMILES string of the molecule is COc1ccccc1C1(C(=O)Cl)CCN(S(=O)(=O)c2ccc(C)cc2)CC1. The Kier molecular flexibility index (Phi) is 5.60. The minimum Gasteiger partial charge on any atom is -0.496 e. The van der Waals surface area contributed by atoms with Gasteiger partial charge in [-0.15, -0.1) is 0 Å². The number of methoxy groups -OCH3 is 1. The number of rotatable bonds is 5. The quantitative estimate of drug-likeness (QED) is 0.711. The molecule has 0 bridgehead atoms. The largest absolute Gasteiger partial charge is 0.496 e. The molecule has 2 aromatic carbocycles. The molecule has 3 rings (SSSR count). The third-order valence-corrected chi connectivity index (χ3v) is 7.51. The zero-order valence-corrected chi connectivity index (χ0v) is 16.9. The van der Waals surface area contributed by atoms with Crippen molar-refractivity contribution in [3.8, 4) is 5.75 Å². The van der Waals surface area contributed by atoms with Crippen molar-refractivity contribution in [2.24, 2.45) is 0 Å². The van der Waals surface area contributed by atoms with Crippen LogP contribution in [-0.4, -0.2) is 38.2 Å². The van der Waals surface area contributed by atoms with Crippen molar-refractivity contribution in [2.45, 2.75) is 30.1 Å². The molecule has 5 nitrogen and oxygen atoms in total. The van der Waals surface area contributed by atoms with Crippen LogP contribution >= 0.6 is 11.6 Å². The number of nitrogens with zero attached hydrogens (tertiary/aromatic N) is 1. The summed E-state index contributed by atoms with van der Waals surface area (Å²) in [4.78, 5) is 12.7. The van der Waals surface area contributed by atoms with Gasteiger partial charge in [-0.2, -0.15) is 4.31 Å². The number of ether oxygens (including phenoxy) is 1. The first-order valence-corrected chi connectivity index (χ1v) is 10.5. The number of aryl methyl sites for hydroxylation is 1. The zero-order valence-electron chi connectivity index (χ0n) is 15.3. The third kappa shape index (κ3) is 3.61. The van der Waals surface area contributed by atoms with Gasteiger partial charge in [-0.25, -0.2) is 8.42 Å². The summed E-state index contributed by atoms with van der Waals surface area (Å²) in [6.45, 7) is 2.34. The molecule has 0 atom stereocenters. The molecule has 0 saturated carbocycles. The summed E-state index contributed by atoms with van der Waals surface area (Å²) in [6, 6.07) is 14.0. The highest BCUT2D eigenvalue weighted by Gasteiger charge is 2.45. The van der Waals surface area contributed by atoms with Gasteiger partial charge in [0, 0.05) is 18.7 Å². The number of piperidine rings is 1. The van der Waals surface area contributed by atoms with E-state index in [1.165, 1.54) is 4.31 Å². The van der Waals surface area contributed by atoms with Crippen LogP contribution < -0.4 is 4.74 Å². The molecule has 0 amide bonds. The van der Waals surface area contributed by atoms with E-state index in [1.54, 1.807) is 37.4 Å². The topological polar surface area (TPSA) is 63.7 Å². The standard InChI is InChI=1S/C20H22ClNO4S/c1-15-7-9-16(10-8-15)27(24,25)22-13-11-20(12-14-22,19(21)23)17-5-3-4-6-18(17)26-2/h3-10H,11-14H2,1-2H3. The fourth-order valence-corrected chi connectivity index (χ4v) is 5.31. The van der Waals surface area contributed by atoms with Crippen molar-refractivity contribution in [3.05, 3.63) is 59.7 Å². The molecular weight excluding hydrogens is 386 g/mol. The lowest BCUT2D eigenvalue weighted by Gasteiger charge is -2.39. The zero-order chi connectivity index (χ0) is 19.7. The highest BCUT2D eigenvalue weighted by Crippen LogP contribution is 2.42. The highest BCUT2D eigenvalue weighted by atomic mass is 35.5. The van der Waals surface area contributed by atoms with Crippen LogP contribution in [-0.2, 0) is 20.2 Å². The van der Waals surface area contributed by atoms with Gasteiger partial charge in [0.25, 0.3) is 0 Å². The second-order valence-electron chi connectivity index (χ2n) is 6.77. The van der Waals surface area contributed by atoms with E-state index in [4.69, 9.17) is 16.3 Å². The molecule has 7 heteroatoms. The Bertz CT molecular complexity index is 933. The van der Waals surface area contributed by atoms with Crippen LogP contribution in [0.15, 0.2) is 53.4 Å². The maximum atomic E-state index is 12.9. The van der Waals surface area contributed by atoms with Crippen molar-refractivity contribution >= 4 is 26.9 Å². The van der Waals surface area contributed by atoms with E-state index in [1.807, 2.05) is 25.1 Å². The third-order valence-electron chi connectivity index (χ3n) is 5.23. The summed E-state index contributed by atoms with van der Waals surface area (Å²) < 4.78 is 32.7. The van der Waals surface area contributed by atoms with Crippen LogP contribution in [0.5, 0.6) is 5.75 Å². The molecule has 1 saturated heterocycles. The van der Waals surface area contributed by atoms with Crippen LogP contribution in [0.4, 0.5) is 0 Å². The van der Waals surface area contributed by atoms with Crippen molar-refractivity contribution in [2.75, 3.05) is 20.2 Å². The van der Waals surface area contributed by atoms with E-state index >= 15 is 0 Å². The van der Waals surface area contributed by atoms with Crippen LogP contribution in [0.25, 0.3) is 0 Å². The predicted octanol–water partition coefficient (Wildman–Crippen LogP) is 3.49. The average molecular weight is 408 g/mol. The van der Waals surface area contributed by atoms with E-state index in [9.17, 15) is 13.2 Å². The van der Waals surface area contributed by atoms with E-state index < -0.39 is 20.7 Å². The average Bonchev–Trinajstić information content (AvgIpc) is 2.68. The van der Waals surface area contributed by atoms with Gasteiger partial charge in [0.05, 0.1) is 17.4 Å². The van der Waals surface area contributed by atoms with Crippen LogP contribution in [0, 0.1) is 6.92 Å².